The van der Waals surface area contributed by atoms with Crippen LogP contribution in [0.1, 0.15) is 24.4 Å². The molecule has 1 atom stereocenters. The van der Waals surface area contributed by atoms with Crippen LogP contribution in [0.2, 0.25) is 0 Å². The Kier molecular flexibility index (Phi) is 4.32. The zero-order valence-corrected chi connectivity index (χ0v) is 14.1. The second kappa shape index (κ2) is 6.21. The number of benzene rings is 1. The van der Waals surface area contributed by atoms with E-state index in [0.717, 1.165) is 0 Å². The van der Waals surface area contributed by atoms with E-state index in [9.17, 15) is 21.6 Å². The van der Waals surface area contributed by atoms with Gasteiger partial charge < -0.3 is 5.32 Å². The fraction of sp³-hybridized carbons (Fsp3) is 0.214. The highest BCUT2D eigenvalue weighted by Crippen LogP contribution is 2.28. The summed E-state index contributed by atoms with van der Waals surface area (Å²) in [6.07, 6.45) is -4.69. The quantitative estimate of drug-likeness (QED) is 0.708. The van der Waals surface area contributed by atoms with E-state index in [2.05, 4.69) is 20.6 Å². The summed E-state index contributed by atoms with van der Waals surface area (Å²) in [6, 6.07) is 8.24. The predicted octanol–water partition coefficient (Wildman–Crippen LogP) is 1.96. The Morgan fingerprint density at radius 2 is 1.92 bits per heavy atom. The van der Waals surface area contributed by atoms with E-state index in [1.807, 2.05) is 0 Å². The van der Waals surface area contributed by atoms with E-state index < -0.39 is 28.1 Å². The molecule has 26 heavy (non-hydrogen) atoms. The molecule has 138 valence electrons. The van der Waals surface area contributed by atoms with Crippen LogP contribution in [0.4, 0.5) is 19.0 Å². The molecule has 0 fully saturated rings. The van der Waals surface area contributed by atoms with E-state index in [0.29, 0.717) is 10.1 Å². The first-order valence-electron chi connectivity index (χ1n) is 7.24. The van der Waals surface area contributed by atoms with Crippen molar-refractivity contribution in [3.8, 4) is 0 Å². The van der Waals surface area contributed by atoms with Crippen LogP contribution in [0.3, 0.4) is 0 Å². The number of nitrogens with zero attached hydrogens (tertiary/aromatic N) is 4. The lowest BCUT2D eigenvalue weighted by molar-refractivity contribution is -0.146. The highest BCUT2D eigenvalue weighted by Gasteiger charge is 2.37. The van der Waals surface area contributed by atoms with Crippen LogP contribution in [0.5, 0.6) is 0 Å². The van der Waals surface area contributed by atoms with Crippen LogP contribution < -0.4 is 10.5 Å². The first kappa shape index (κ1) is 18.1. The second-order valence-electron chi connectivity index (χ2n) is 5.49. The third-order valence-corrected chi connectivity index (χ3v) is 4.48. The van der Waals surface area contributed by atoms with Crippen LogP contribution in [0.25, 0.3) is 5.65 Å². The van der Waals surface area contributed by atoms with Gasteiger partial charge in [-0.05, 0) is 36.8 Å². The fourth-order valence-corrected chi connectivity index (χ4v) is 2.88. The third-order valence-electron chi connectivity index (χ3n) is 3.57. The van der Waals surface area contributed by atoms with E-state index in [4.69, 9.17) is 5.14 Å². The molecule has 8 nitrogen and oxygen atoms in total. The maximum absolute atomic E-state index is 12.9. The van der Waals surface area contributed by atoms with Crippen molar-refractivity contribution in [2.45, 2.75) is 24.0 Å². The molecule has 0 saturated carbocycles. The Balaban J connectivity index is 1.91. The lowest BCUT2D eigenvalue weighted by atomic mass is 10.1. The smallest absolute Gasteiger partial charge is 0.362 e. The molecule has 0 saturated heterocycles. The van der Waals surface area contributed by atoms with Gasteiger partial charge in [0.05, 0.1) is 10.9 Å². The standard InChI is InChI=1S/C14H13F3N6O2S/c1-8(9-3-2-4-10(7-9)26(18,24)25)19-11-5-6-12-20-21-13(14(15,16)17)23(12)22-11/h2-8H,1H3,(H,19,22)(H2,18,24,25). The number of sulfonamides is 1. The Hall–Kier alpha value is -2.73. The Morgan fingerprint density at radius 3 is 2.58 bits per heavy atom. The molecule has 12 heteroatoms. The van der Waals surface area contributed by atoms with Gasteiger partial charge in [-0.1, -0.05) is 12.1 Å². The number of rotatable bonds is 4. The van der Waals surface area contributed by atoms with Gasteiger partial charge in [0.1, 0.15) is 5.82 Å². The van der Waals surface area contributed by atoms with Crippen molar-refractivity contribution in [3.63, 3.8) is 0 Å². The number of anilines is 1. The molecule has 1 aromatic carbocycles. The highest BCUT2D eigenvalue weighted by molar-refractivity contribution is 7.89. The molecule has 0 radical (unpaired) electrons. The maximum atomic E-state index is 12.9. The van der Waals surface area contributed by atoms with Crippen molar-refractivity contribution < 1.29 is 21.6 Å². The number of hydrogen-bond acceptors (Lipinski definition) is 6. The Labute approximate surface area is 145 Å². The lowest BCUT2D eigenvalue weighted by Crippen LogP contribution is -2.15. The van der Waals surface area contributed by atoms with Gasteiger partial charge in [0.2, 0.25) is 10.0 Å². The summed E-state index contributed by atoms with van der Waals surface area (Å²) in [4.78, 5) is -0.0646. The molecule has 0 aliphatic carbocycles. The molecule has 0 aliphatic rings. The number of aromatic nitrogens is 4. The van der Waals surface area contributed by atoms with Gasteiger partial charge in [0, 0.05) is 0 Å². The number of fused-ring (bicyclic) bond motifs is 1. The van der Waals surface area contributed by atoms with Crippen LogP contribution in [-0.4, -0.2) is 28.2 Å². The second-order valence-corrected chi connectivity index (χ2v) is 7.05. The summed E-state index contributed by atoms with van der Waals surface area (Å²) in [7, 11) is -3.86. The average Bonchev–Trinajstić information content (AvgIpc) is 2.97. The minimum atomic E-state index is -4.69. The molecule has 3 N–H and O–H groups in total. The molecule has 3 rings (SSSR count). The summed E-state index contributed by atoms with van der Waals surface area (Å²) >= 11 is 0. The van der Waals surface area contributed by atoms with Crippen molar-refractivity contribution >= 4 is 21.5 Å². The zero-order valence-electron chi connectivity index (χ0n) is 13.3. The monoisotopic (exact) mass is 386 g/mol. The minimum Gasteiger partial charge on any atom is -0.362 e. The van der Waals surface area contributed by atoms with Gasteiger partial charge in [-0.15, -0.1) is 15.3 Å². The number of primary sulfonamides is 1. The summed E-state index contributed by atoms with van der Waals surface area (Å²) < 4.78 is 62.2. The van der Waals surface area contributed by atoms with Crippen LogP contribution in [-0.2, 0) is 16.2 Å². The van der Waals surface area contributed by atoms with Crippen molar-refractivity contribution in [3.05, 3.63) is 47.8 Å². The summed E-state index contributed by atoms with van der Waals surface area (Å²) in [6.45, 7) is 1.70. The SMILES string of the molecule is CC(Nc1ccc2nnc(C(F)(F)F)n2n1)c1cccc(S(N)(=O)=O)c1. The van der Waals surface area contributed by atoms with Crippen molar-refractivity contribution in [1.29, 1.82) is 0 Å². The lowest BCUT2D eigenvalue weighted by Gasteiger charge is -2.16. The molecule has 2 heterocycles. The first-order valence-corrected chi connectivity index (χ1v) is 8.79. The van der Waals surface area contributed by atoms with E-state index >= 15 is 0 Å². The van der Waals surface area contributed by atoms with E-state index in [-0.39, 0.29) is 16.4 Å². The van der Waals surface area contributed by atoms with Crippen LogP contribution in [0.15, 0.2) is 41.3 Å². The molecule has 2 aromatic heterocycles. The number of nitrogens with two attached hydrogens (primary N) is 1. The Morgan fingerprint density at radius 1 is 1.19 bits per heavy atom. The van der Waals surface area contributed by atoms with E-state index in [1.165, 1.54) is 30.3 Å². The van der Waals surface area contributed by atoms with Gasteiger partial charge in [-0.2, -0.15) is 17.7 Å². The summed E-state index contributed by atoms with van der Waals surface area (Å²) in [5.74, 6) is -1.10. The third kappa shape index (κ3) is 3.60. The molecule has 0 bridgehead atoms. The van der Waals surface area contributed by atoms with Gasteiger partial charge in [0.25, 0.3) is 5.82 Å². The number of nitrogens with one attached hydrogen (secondary N) is 1. The fourth-order valence-electron chi connectivity index (χ4n) is 2.31. The van der Waals surface area contributed by atoms with Gasteiger partial charge in [0.15, 0.2) is 5.65 Å². The highest BCUT2D eigenvalue weighted by atomic mass is 32.2. The topological polar surface area (TPSA) is 115 Å². The van der Waals surface area contributed by atoms with Gasteiger partial charge in [-0.25, -0.2) is 13.6 Å². The maximum Gasteiger partial charge on any atom is 0.453 e. The predicted molar refractivity (Wildman–Crippen MR) is 85.6 cm³/mol. The van der Waals surface area contributed by atoms with Crippen LogP contribution >= 0.6 is 0 Å². The Bertz CT molecular complexity index is 1060. The molecule has 0 amide bonds. The summed E-state index contributed by atoms with van der Waals surface area (Å²) in [5.41, 5.74) is 0.518. The van der Waals surface area contributed by atoms with Crippen molar-refractivity contribution in [2.75, 3.05) is 5.32 Å². The molecule has 1 unspecified atom stereocenters. The summed E-state index contributed by atoms with van der Waals surface area (Å²) in [5, 5.41) is 18.4. The van der Waals surface area contributed by atoms with Crippen molar-refractivity contribution in [2.24, 2.45) is 5.14 Å². The molecular formula is C14H13F3N6O2S. The zero-order chi connectivity index (χ0) is 19.1. The normalized spacial score (nSPS) is 13.7. The largest absolute Gasteiger partial charge is 0.453 e. The van der Waals surface area contributed by atoms with Crippen molar-refractivity contribution in [1.82, 2.24) is 19.8 Å². The van der Waals surface area contributed by atoms with Gasteiger partial charge in [-0.3, -0.25) is 0 Å². The number of halogens is 3. The number of alkyl halides is 3. The van der Waals surface area contributed by atoms with Crippen LogP contribution in [0, 0.1) is 0 Å². The van der Waals surface area contributed by atoms with Gasteiger partial charge >= 0.3 is 6.18 Å². The average molecular weight is 386 g/mol. The number of hydrogen-bond donors (Lipinski definition) is 2. The molecule has 0 spiro atoms. The minimum absolute atomic E-state index is 0.0493. The van der Waals surface area contributed by atoms with E-state index in [1.54, 1.807) is 13.0 Å². The molecule has 3 aromatic rings. The molecule has 0 aliphatic heterocycles. The first-order chi connectivity index (χ1) is 12.1. The molecular weight excluding hydrogens is 373 g/mol.